The van der Waals surface area contributed by atoms with Crippen LogP contribution in [0.5, 0.6) is 0 Å². The maximum absolute atomic E-state index is 9.72. The number of para-hydroxylation sites is 6. The fourth-order valence-corrected chi connectivity index (χ4v) is 24.0. The maximum atomic E-state index is 9.72. The molecule has 0 unspecified atom stereocenters. The van der Waals surface area contributed by atoms with E-state index in [1.807, 2.05) is 121 Å². The van der Waals surface area contributed by atoms with Crippen molar-refractivity contribution < 1.29 is 8.83 Å². The van der Waals surface area contributed by atoms with Crippen molar-refractivity contribution in [1.82, 2.24) is 34.1 Å². The first-order valence-corrected chi connectivity index (χ1v) is 50.6. The minimum atomic E-state index is -0.532. The summed E-state index contributed by atoms with van der Waals surface area (Å²) in [5.74, 6) is 2.52. The van der Waals surface area contributed by atoms with Crippen molar-refractivity contribution in [2.75, 3.05) is 4.90 Å². The zero-order valence-corrected chi connectivity index (χ0v) is 80.9. The molecule has 7 aromatic heterocycles. The molecule has 8 heterocycles. The number of fused-ring (bicyclic) bond motifs is 24. The van der Waals surface area contributed by atoms with Crippen LogP contribution in [0.1, 0.15) is 27.8 Å². The Morgan fingerprint density at radius 1 is 0.275 bits per heavy atom. The maximum Gasteiger partial charge on any atom is 0.211 e. The minimum absolute atomic E-state index is 0.519. The lowest BCUT2D eigenvalue weighted by molar-refractivity contribution is 0.667. The highest BCUT2D eigenvalue weighted by atomic mass is 32.1. The Morgan fingerprint density at radius 2 is 0.718 bits per heavy atom. The van der Waals surface area contributed by atoms with Gasteiger partial charge in [0.1, 0.15) is 16.7 Å². The molecule has 0 fully saturated rings. The van der Waals surface area contributed by atoms with Crippen LogP contribution in [0, 0.1) is 17.9 Å². The molecule has 13 heteroatoms. The fourth-order valence-electron chi connectivity index (χ4n) is 22.8. The number of benzene rings is 21. The summed E-state index contributed by atoms with van der Waals surface area (Å²) in [5, 5.41) is 20.8. The Bertz CT molecular complexity index is 10000. The molecule has 21 aromatic carbocycles. The van der Waals surface area contributed by atoms with Crippen molar-refractivity contribution >= 4 is 142 Å². The fraction of sp³-hybridized carbons (Fsp3) is 0.00735. The van der Waals surface area contributed by atoms with Gasteiger partial charge in [0.05, 0.1) is 68.4 Å². The molecule has 1 aliphatic heterocycles. The monoisotopic (exact) mass is 1920 g/mol. The van der Waals surface area contributed by atoms with Gasteiger partial charge in [0.25, 0.3) is 0 Å². The summed E-state index contributed by atoms with van der Waals surface area (Å²) in [6.45, 7) is 8.26. The molecule has 0 saturated heterocycles. The molecule has 0 saturated carbocycles. The summed E-state index contributed by atoms with van der Waals surface area (Å²) in [4.78, 5) is 31.8. The predicted octanol–water partition coefficient (Wildman–Crippen LogP) is 36.0. The molecule has 0 atom stereocenters. The van der Waals surface area contributed by atoms with Gasteiger partial charge in [-0.3, -0.25) is 0 Å². The molecule has 12 nitrogen and oxygen atoms in total. The van der Waals surface area contributed by atoms with Gasteiger partial charge < -0.3 is 22.9 Å². The van der Waals surface area contributed by atoms with Gasteiger partial charge in [-0.25, -0.2) is 29.8 Å². The molecule has 149 heavy (non-hydrogen) atoms. The van der Waals surface area contributed by atoms with E-state index in [0.29, 0.717) is 45.7 Å². The number of anilines is 3. The zero-order chi connectivity index (χ0) is 98.7. The summed E-state index contributed by atoms with van der Waals surface area (Å²) in [6, 6.07) is 176. The van der Waals surface area contributed by atoms with E-state index in [4.69, 9.17) is 40.3 Å². The van der Waals surface area contributed by atoms with Crippen LogP contribution in [0.3, 0.4) is 0 Å². The molecule has 0 amide bonds. The van der Waals surface area contributed by atoms with E-state index in [1.165, 1.54) is 80.6 Å². The molecule has 1 spiro atoms. The second-order valence-electron chi connectivity index (χ2n) is 37.7. The van der Waals surface area contributed by atoms with Crippen LogP contribution >= 0.6 is 11.3 Å². The number of nitriles is 1. The Morgan fingerprint density at radius 3 is 1.28 bits per heavy atom. The van der Waals surface area contributed by atoms with Gasteiger partial charge >= 0.3 is 0 Å². The van der Waals surface area contributed by atoms with Crippen molar-refractivity contribution in [1.29, 1.82) is 5.26 Å². The van der Waals surface area contributed by atoms with Crippen LogP contribution in [-0.2, 0) is 5.41 Å². The number of rotatable bonds is 12. The Hall–Kier alpha value is -20.1. The van der Waals surface area contributed by atoms with E-state index < -0.39 is 5.41 Å². The van der Waals surface area contributed by atoms with Crippen LogP contribution in [-0.4, -0.2) is 34.1 Å². The van der Waals surface area contributed by atoms with E-state index in [0.717, 1.165) is 156 Å². The average molecular weight is 1920 g/mol. The number of hydrogen-bond donors (Lipinski definition) is 0. The van der Waals surface area contributed by atoms with Gasteiger partial charge in [-0.05, 0) is 171 Å². The minimum Gasteiger partial charge on any atom is -0.456 e. The topological polar surface area (TPSA) is 132 Å². The van der Waals surface area contributed by atoms with Gasteiger partial charge in [0.15, 0.2) is 28.9 Å². The van der Waals surface area contributed by atoms with E-state index in [-0.39, 0.29) is 0 Å². The van der Waals surface area contributed by atoms with E-state index in [1.54, 1.807) is 6.07 Å². The van der Waals surface area contributed by atoms with E-state index in [9.17, 15) is 5.26 Å². The molecular weight excluding hydrogens is 1840 g/mol. The van der Waals surface area contributed by atoms with Crippen molar-refractivity contribution in [3.63, 3.8) is 0 Å². The summed E-state index contributed by atoms with van der Waals surface area (Å²) in [6.07, 6.45) is 0. The SMILES string of the molecule is [C-]#[N+]c1ccc2oc3ccc(C#N)cc3c2c1N1c2ccccc2C2(c3ccccc3-c3ccccc32)c2ccccc21.c1ccc(-c2cc(-c3cccc(-c4cc(-n5c6ccccc6c6ccccc65)cc5c4sc4ccccc45)c3)nc(-c3ccccc3)n2)cc1.c1ccc(-c2cc(-c3ccccc3)c3oc4c(-n5c6ccccc6c6ccccc65)cc(-c5nc(-c6ccccc6)nc(-c6ccccc6)n5)cc4c3c2)cc1. The standard InChI is InChI=1S/C51H32N4O.C46H29N3S.C39H21N3O/c1-5-17-33(18-6-1)37-29-41(34-19-7-2-8-20-34)47-42(30-37)43-31-38(51-53-49(35-21-9-3-10-22-35)52-50(54-51)36-23-11-4-12-24-36)32-46(48(43)56-47)55-44-27-15-13-25-39(44)40-26-14-16-28-45(40)55;1-3-14-30(15-4-1)40-29-41(48-46(47-40)31-16-5-2-6-17-31)33-19-13-18-32(26-33)38-27-34(28-39-37-22-9-12-25-44(37)50-45(38)39)49-42-23-10-7-20-35(42)36-21-8-11-24-43(36)49;1-41-32-19-21-36-37(27-22-24(23-40)18-20-35(27)43-36)38(32)42-33-16-8-6-14-30(33)39(31-15-7-9-17-34(31)42)28-12-4-2-10-25(28)26-11-3-5-13-29(26)39/h1-32H;1-29H;2-22H. The summed E-state index contributed by atoms with van der Waals surface area (Å²) < 4.78 is 20.8. The number of aromatic nitrogens is 7. The van der Waals surface area contributed by atoms with Crippen molar-refractivity contribution in [2.45, 2.75) is 5.41 Å². The Kier molecular flexibility index (Phi) is 20.8. The lowest BCUT2D eigenvalue weighted by Crippen LogP contribution is -2.36. The molecule has 28 aromatic rings. The second kappa shape index (κ2) is 35.8. The third-order valence-corrected chi connectivity index (χ3v) is 30.6. The first-order valence-electron chi connectivity index (χ1n) is 49.8. The lowest BCUT2D eigenvalue weighted by atomic mass is 9.64. The van der Waals surface area contributed by atoms with E-state index >= 15 is 0 Å². The molecule has 694 valence electrons. The van der Waals surface area contributed by atoms with Crippen LogP contribution < -0.4 is 4.90 Å². The third kappa shape index (κ3) is 14.4. The van der Waals surface area contributed by atoms with Gasteiger partial charge in [0, 0.05) is 125 Å². The number of furan rings is 2. The van der Waals surface area contributed by atoms with Crippen LogP contribution in [0.2, 0.25) is 0 Å². The van der Waals surface area contributed by atoms with Gasteiger partial charge in [-0.15, -0.1) is 11.3 Å². The molecule has 30 rings (SSSR count). The summed E-state index contributed by atoms with van der Waals surface area (Å²) in [5.41, 5.74) is 34.6. The summed E-state index contributed by atoms with van der Waals surface area (Å²) >= 11 is 1.86. The molecule has 0 N–H and O–H groups in total. The predicted molar refractivity (Wildman–Crippen MR) is 610 cm³/mol. The smallest absolute Gasteiger partial charge is 0.211 e. The molecular formula is C136H82N10O2S. The second-order valence-corrected chi connectivity index (χ2v) is 38.7. The highest BCUT2D eigenvalue weighted by Gasteiger charge is 2.52. The lowest BCUT2D eigenvalue weighted by Gasteiger charge is -2.45. The van der Waals surface area contributed by atoms with Crippen LogP contribution in [0.15, 0.2) is 506 Å². The van der Waals surface area contributed by atoms with Gasteiger partial charge in [0.2, 0.25) is 5.69 Å². The molecule has 2 aliphatic rings. The highest BCUT2D eigenvalue weighted by Crippen LogP contribution is 2.65. The number of thiophene rings is 1. The Labute approximate surface area is 860 Å². The van der Waals surface area contributed by atoms with Gasteiger partial charge in [-0.2, -0.15) is 5.26 Å². The van der Waals surface area contributed by atoms with Crippen molar-refractivity contribution in [3.8, 4) is 130 Å². The van der Waals surface area contributed by atoms with E-state index in [2.05, 4.69) is 407 Å². The molecule has 1 aliphatic carbocycles. The summed E-state index contributed by atoms with van der Waals surface area (Å²) in [7, 11) is 0. The average Bonchev–Trinajstić information content (AvgIpc) is 1.54. The van der Waals surface area contributed by atoms with Gasteiger partial charge in [-0.1, -0.05) is 382 Å². The normalized spacial score (nSPS) is 12.2. The molecule has 0 radical (unpaired) electrons. The van der Waals surface area contributed by atoms with Crippen molar-refractivity contribution in [2.24, 2.45) is 0 Å². The third-order valence-electron chi connectivity index (χ3n) is 29.3. The quantitative estimate of drug-likeness (QED) is 0.110. The van der Waals surface area contributed by atoms with Crippen LogP contribution in [0.4, 0.5) is 22.7 Å². The Balaban J connectivity index is 0.000000108. The first kappa shape index (κ1) is 86.8. The highest BCUT2D eigenvalue weighted by molar-refractivity contribution is 7.26. The van der Waals surface area contributed by atoms with Crippen molar-refractivity contribution in [3.05, 3.63) is 537 Å². The van der Waals surface area contributed by atoms with Crippen LogP contribution in [0.25, 0.3) is 236 Å². The number of nitrogens with zero attached hydrogens (tertiary/aromatic N) is 10. The molecule has 0 bridgehead atoms. The zero-order valence-electron chi connectivity index (χ0n) is 80.0. The first-order chi connectivity index (χ1) is 73.8. The number of hydrogen-bond acceptors (Lipinski definition) is 10. The largest absolute Gasteiger partial charge is 0.456 e.